The molecule has 1 heterocycles. The molecule has 3 N–H and O–H groups in total. The van der Waals surface area contributed by atoms with Crippen LogP contribution >= 0.6 is 11.8 Å². The maximum atomic E-state index is 5.63. The van der Waals surface area contributed by atoms with E-state index in [1.165, 1.54) is 0 Å². The van der Waals surface area contributed by atoms with Crippen LogP contribution in [0.3, 0.4) is 0 Å². The molecular weight excluding hydrogens is 224 g/mol. The summed E-state index contributed by atoms with van der Waals surface area (Å²) in [5.41, 5.74) is 5.63. The van der Waals surface area contributed by atoms with Gasteiger partial charge in [-0.2, -0.15) is 11.8 Å². The third-order valence-electron chi connectivity index (χ3n) is 2.10. The molecule has 0 spiro atoms. The molecule has 1 aromatic heterocycles. The fourth-order valence-corrected chi connectivity index (χ4v) is 1.97. The number of aromatic nitrogens is 2. The molecule has 0 bridgehead atoms. The number of thioether (sulfide) groups is 1. The SMILES string of the molecule is CCSCCC(C)Nc1nnc(C(C)N)o1. The van der Waals surface area contributed by atoms with Gasteiger partial charge in [-0.25, -0.2) is 0 Å². The van der Waals surface area contributed by atoms with E-state index in [1.54, 1.807) is 0 Å². The monoisotopic (exact) mass is 244 g/mol. The first-order valence-electron chi connectivity index (χ1n) is 5.56. The minimum Gasteiger partial charge on any atom is -0.406 e. The van der Waals surface area contributed by atoms with Crippen LogP contribution in [0.2, 0.25) is 0 Å². The third-order valence-corrected chi connectivity index (χ3v) is 3.03. The quantitative estimate of drug-likeness (QED) is 0.715. The van der Waals surface area contributed by atoms with Gasteiger partial charge in [0.25, 0.3) is 0 Å². The van der Waals surface area contributed by atoms with Crippen molar-refractivity contribution < 1.29 is 4.42 Å². The van der Waals surface area contributed by atoms with Gasteiger partial charge in [0, 0.05) is 6.04 Å². The van der Waals surface area contributed by atoms with Crippen LogP contribution in [0.1, 0.15) is 39.1 Å². The lowest BCUT2D eigenvalue weighted by Crippen LogP contribution is -2.16. The fourth-order valence-electron chi connectivity index (χ4n) is 1.16. The van der Waals surface area contributed by atoms with E-state index in [1.807, 2.05) is 18.7 Å². The zero-order valence-corrected chi connectivity index (χ0v) is 10.9. The molecule has 0 aliphatic carbocycles. The number of anilines is 1. The van der Waals surface area contributed by atoms with E-state index in [0.717, 1.165) is 17.9 Å². The van der Waals surface area contributed by atoms with Crippen LogP contribution in [0.4, 0.5) is 6.01 Å². The highest BCUT2D eigenvalue weighted by molar-refractivity contribution is 7.99. The molecule has 16 heavy (non-hydrogen) atoms. The molecule has 2 atom stereocenters. The van der Waals surface area contributed by atoms with Gasteiger partial charge >= 0.3 is 6.01 Å². The zero-order chi connectivity index (χ0) is 12.0. The summed E-state index contributed by atoms with van der Waals surface area (Å²) in [4.78, 5) is 0. The minimum absolute atomic E-state index is 0.214. The summed E-state index contributed by atoms with van der Waals surface area (Å²) in [6.45, 7) is 6.08. The Labute approximate surface area is 101 Å². The normalized spacial score (nSPS) is 14.8. The van der Waals surface area contributed by atoms with Crippen molar-refractivity contribution >= 4 is 17.8 Å². The summed E-state index contributed by atoms with van der Waals surface area (Å²) in [5.74, 6) is 2.76. The molecule has 92 valence electrons. The van der Waals surface area contributed by atoms with E-state index in [0.29, 0.717) is 17.9 Å². The van der Waals surface area contributed by atoms with Crippen LogP contribution in [-0.2, 0) is 0 Å². The van der Waals surface area contributed by atoms with Gasteiger partial charge in [0.05, 0.1) is 6.04 Å². The van der Waals surface area contributed by atoms with Gasteiger partial charge in [-0.1, -0.05) is 12.0 Å². The number of rotatable bonds is 7. The molecule has 0 aromatic carbocycles. The molecule has 0 aliphatic rings. The van der Waals surface area contributed by atoms with Crippen LogP contribution < -0.4 is 11.1 Å². The number of nitrogens with two attached hydrogens (primary N) is 1. The Morgan fingerprint density at radius 1 is 1.44 bits per heavy atom. The van der Waals surface area contributed by atoms with Crippen molar-refractivity contribution in [2.75, 3.05) is 16.8 Å². The Morgan fingerprint density at radius 2 is 2.19 bits per heavy atom. The summed E-state index contributed by atoms with van der Waals surface area (Å²) >= 11 is 1.93. The van der Waals surface area contributed by atoms with Crippen molar-refractivity contribution in [3.05, 3.63) is 5.89 Å². The average molecular weight is 244 g/mol. The molecule has 0 amide bonds. The van der Waals surface area contributed by atoms with Crippen molar-refractivity contribution in [1.82, 2.24) is 10.2 Å². The molecular formula is C10H20N4OS. The van der Waals surface area contributed by atoms with Crippen LogP contribution in [0.5, 0.6) is 0 Å². The van der Waals surface area contributed by atoms with Crippen molar-refractivity contribution in [2.24, 2.45) is 5.73 Å². The van der Waals surface area contributed by atoms with Gasteiger partial charge in [0.2, 0.25) is 5.89 Å². The van der Waals surface area contributed by atoms with Gasteiger partial charge < -0.3 is 15.5 Å². The maximum absolute atomic E-state index is 5.63. The van der Waals surface area contributed by atoms with E-state index in [9.17, 15) is 0 Å². The summed E-state index contributed by atoms with van der Waals surface area (Å²) in [6, 6.07) is 0.579. The number of nitrogens with one attached hydrogen (secondary N) is 1. The first-order valence-corrected chi connectivity index (χ1v) is 6.72. The summed E-state index contributed by atoms with van der Waals surface area (Å²) in [6.07, 6.45) is 1.08. The molecule has 0 aliphatic heterocycles. The molecule has 2 unspecified atom stereocenters. The second-order valence-electron chi connectivity index (χ2n) is 3.77. The Kier molecular flexibility index (Phi) is 5.62. The van der Waals surface area contributed by atoms with Crippen LogP contribution in [0.25, 0.3) is 0 Å². The predicted molar refractivity (Wildman–Crippen MR) is 67.6 cm³/mol. The number of hydrogen-bond donors (Lipinski definition) is 2. The van der Waals surface area contributed by atoms with E-state index >= 15 is 0 Å². The Morgan fingerprint density at radius 3 is 2.75 bits per heavy atom. The highest BCUT2D eigenvalue weighted by Crippen LogP contribution is 2.13. The second kappa shape index (κ2) is 6.75. The van der Waals surface area contributed by atoms with Crippen molar-refractivity contribution in [1.29, 1.82) is 0 Å². The maximum Gasteiger partial charge on any atom is 0.315 e. The smallest absolute Gasteiger partial charge is 0.315 e. The Bertz CT molecular complexity index is 303. The van der Waals surface area contributed by atoms with E-state index in [-0.39, 0.29) is 6.04 Å². The minimum atomic E-state index is -0.214. The number of hydrogen-bond acceptors (Lipinski definition) is 6. The second-order valence-corrected chi connectivity index (χ2v) is 5.16. The average Bonchev–Trinajstić information content (AvgIpc) is 2.66. The molecule has 0 saturated carbocycles. The van der Waals surface area contributed by atoms with Gasteiger partial charge in [-0.3, -0.25) is 0 Å². The molecule has 1 aromatic rings. The first-order chi connectivity index (χ1) is 7.63. The zero-order valence-electron chi connectivity index (χ0n) is 10.1. The highest BCUT2D eigenvalue weighted by atomic mass is 32.2. The molecule has 1 rings (SSSR count). The summed E-state index contributed by atoms with van der Waals surface area (Å²) < 4.78 is 5.36. The highest BCUT2D eigenvalue weighted by Gasteiger charge is 2.11. The van der Waals surface area contributed by atoms with Crippen molar-refractivity contribution in [3.63, 3.8) is 0 Å². The van der Waals surface area contributed by atoms with Crippen LogP contribution in [0, 0.1) is 0 Å². The van der Waals surface area contributed by atoms with Crippen LogP contribution in [0.15, 0.2) is 4.42 Å². The van der Waals surface area contributed by atoms with Gasteiger partial charge in [-0.05, 0) is 31.8 Å². The first kappa shape index (κ1) is 13.3. The third kappa shape index (κ3) is 4.40. The standard InChI is InChI=1S/C10H20N4OS/c1-4-16-6-5-7(2)12-10-14-13-9(15-10)8(3)11/h7-8H,4-6,11H2,1-3H3,(H,12,14). The Balaban J connectivity index is 2.34. The molecule has 0 radical (unpaired) electrons. The fraction of sp³-hybridized carbons (Fsp3) is 0.800. The van der Waals surface area contributed by atoms with E-state index in [2.05, 4.69) is 29.4 Å². The summed E-state index contributed by atoms with van der Waals surface area (Å²) in [5, 5.41) is 10.9. The largest absolute Gasteiger partial charge is 0.406 e. The Hall–Kier alpha value is -0.750. The van der Waals surface area contributed by atoms with E-state index in [4.69, 9.17) is 10.2 Å². The lowest BCUT2D eigenvalue weighted by atomic mass is 10.3. The molecule has 0 saturated heterocycles. The topological polar surface area (TPSA) is 77.0 Å². The lowest BCUT2D eigenvalue weighted by molar-refractivity contribution is 0.469. The van der Waals surface area contributed by atoms with Gasteiger partial charge in [0.15, 0.2) is 0 Å². The molecule has 5 nitrogen and oxygen atoms in total. The molecule has 6 heteroatoms. The molecule has 0 fully saturated rings. The lowest BCUT2D eigenvalue weighted by Gasteiger charge is -2.10. The van der Waals surface area contributed by atoms with Crippen molar-refractivity contribution in [2.45, 2.75) is 39.3 Å². The number of nitrogens with zero attached hydrogens (tertiary/aromatic N) is 2. The van der Waals surface area contributed by atoms with Crippen molar-refractivity contribution in [3.8, 4) is 0 Å². The predicted octanol–water partition coefficient (Wildman–Crippen LogP) is 2.03. The van der Waals surface area contributed by atoms with Gasteiger partial charge in [0.1, 0.15) is 0 Å². The van der Waals surface area contributed by atoms with Gasteiger partial charge in [-0.15, -0.1) is 5.10 Å². The van der Waals surface area contributed by atoms with E-state index < -0.39 is 0 Å². The summed E-state index contributed by atoms with van der Waals surface area (Å²) in [7, 11) is 0. The van der Waals surface area contributed by atoms with Crippen LogP contribution in [-0.4, -0.2) is 27.7 Å².